The number of methoxy groups -OCH3 is 2. The van der Waals surface area contributed by atoms with Gasteiger partial charge in [-0.05, 0) is 42.0 Å². The molecule has 1 aliphatic rings. The second-order valence-electron chi connectivity index (χ2n) is 6.31. The number of ether oxygens (including phenoxy) is 2. The first-order valence-electron chi connectivity index (χ1n) is 8.43. The van der Waals surface area contributed by atoms with Crippen molar-refractivity contribution >= 4 is 10.8 Å². The fourth-order valence-corrected chi connectivity index (χ4v) is 4.95. The van der Waals surface area contributed by atoms with Crippen molar-refractivity contribution in [2.75, 3.05) is 26.5 Å². The van der Waals surface area contributed by atoms with Crippen LogP contribution in [0.1, 0.15) is 22.1 Å². The smallest absolute Gasteiger partial charge is 0.416 e. The van der Waals surface area contributed by atoms with Gasteiger partial charge in [-0.15, -0.1) is 0 Å². The standard InChI is InChI=1S/C19H19F4NO3S/c1-26-14-4-6-17(27-2)12(9-14)11-24-7-8-28(25)18(24)15-10-13(20)3-5-16(15)19(21,22)23/h3-6,9-10,18H,7-8,11H2,1-2H3. The van der Waals surface area contributed by atoms with Crippen molar-refractivity contribution in [2.45, 2.75) is 18.1 Å². The molecular formula is C19H19F4NO3S. The van der Waals surface area contributed by atoms with Gasteiger partial charge in [0.1, 0.15) is 22.7 Å². The first-order valence-corrected chi connectivity index (χ1v) is 9.81. The molecule has 28 heavy (non-hydrogen) atoms. The first kappa shape index (κ1) is 20.6. The van der Waals surface area contributed by atoms with Crippen LogP contribution in [0.15, 0.2) is 36.4 Å². The van der Waals surface area contributed by atoms with Crippen molar-refractivity contribution in [1.29, 1.82) is 0 Å². The summed E-state index contributed by atoms with van der Waals surface area (Å²) in [7, 11) is 1.39. The average molecular weight is 417 g/mol. The Morgan fingerprint density at radius 2 is 1.89 bits per heavy atom. The van der Waals surface area contributed by atoms with Crippen molar-refractivity contribution < 1.29 is 31.2 Å². The van der Waals surface area contributed by atoms with Gasteiger partial charge in [0.2, 0.25) is 0 Å². The van der Waals surface area contributed by atoms with E-state index in [2.05, 4.69) is 0 Å². The summed E-state index contributed by atoms with van der Waals surface area (Å²) in [6.45, 7) is 0.496. The molecule has 2 unspecified atom stereocenters. The lowest BCUT2D eigenvalue weighted by molar-refractivity contribution is -0.138. The number of hydrogen-bond acceptors (Lipinski definition) is 4. The average Bonchev–Trinajstić information content (AvgIpc) is 3.00. The molecule has 2 aromatic carbocycles. The van der Waals surface area contributed by atoms with E-state index in [1.54, 1.807) is 23.1 Å². The van der Waals surface area contributed by atoms with E-state index in [4.69, 9.17) is 9.47 Å². The van der Waals surface area contributed by atoms with E-state index in [-0.39, 0.29) is 17.9 Å². The van der Waals surface area contributed by atoms with Gasteiger partial charge in [-0.1, -0.05) is 0 Å². The third-order valence-electron chi connectivity index (χ3n) is 4.61. The van der Waals surface area contributed by atoms with E-state index in [9.17, 15) is 21.8 Å². The number of hydrogen-bond donors (Lipinski definition) is 0. The van der Waals surface area contributed by atoms with Crippen LogP contribution in [-0.4, -0.2) is 35.6 Å². The zero-order chi connectivity index (χ0) is 20.5. The van der Waals surface area contributed by atoms with Gasteiger partial charge in [-0.3, -0.25) is 9.11 Å². The van der Waals surface area contributed by atoms with Crippen LogP contribution in [0.2, 0.25) is 0 Å². The maximum atomic E-state index is 13.8. The largest absolute Gasteiger partial charge is 0.497 e. The monoisotopic (exact) mass is 417 g/mol. The molecule has 1 heterocycles. The van der Waals surface area contributed by atoms with Gasteiger partial charge in [0.25, 0.3) is 0 Å². The molecule has 0 amide bonds. The fourth-order valence-electron chi connectivity index (χ4n) is 3.32. The Morgan fingerprint density at radius 1 is 1.14 bits per heavy atom. The summed E-state index contributed by atoms with van der Waals surface area (Å²) in [5.41, 5.74) is -0.613. The first-order chi connectivity index (χ1) is 13.2. The highest BCUT2D eigenvalue weighted by Crippen LogP contribution is 2.41. The minimum absolute atomic E-state index is 0.185. The Bertz CT molecular complexity index is 888. The minimum Gasteiger partial charge on any atom is -0.497 e. The molecule has 1 fully saturated rings. The van der Waals surface area contributed by atoms with Crippen molar-refractivity contribution in [2.24, 2.45) is 0 Å². The van der Waals surface area contributed by atoms with Crippen molar-refractivity contribution in [3.8, 4) is 11.5 Å². The van der Waals surface area contributed by atoms with Crippen LogP contribution in [0.3, 0.4) is 0 Å². The SMILES string of the molecule is COc1ccc(OC)c(CN2CCS(=O)C2c2cc(F)ccc2C(F)(F)F)c1. The van der Waals surface area contributed by atoms with Gasteiger partial charge < -0.3 is 9.47 Å². The Hall–Kier alpha value is -2.13. The number of rotatable bonds is 5. The molecule has 2 atom stereocenters. The van der Waals surface area contributed by atoms with Crippen LogP contribution in [-0.2, 0) is 23.5 Å². The second-order valence-corrected chi connectivity index (χ2v) is 7.93. The van der Waals surface area contributed by atoms with Crippen LogP contribution in [0.25, 0.3) is 0 Å². The van der Waals surface area contributed by atoms with Gasteiger partial charge in [0.15, 0.2) is 0 Å². The van der Waals surface area contributed by atoms with E-state index in [1.807, 2.05) is 0 Å². The highest BCUT2D eigenvalue weighted by Gasteiger charge is 2.41. The van der Waals surface area contributed by atoms with Gasteiger partial charge in [-0.2, -0.15) is 13.2 Å². The third kappa shape index (κ3) is 4.15. The molecule has 9 heteroatoms. The zero-order valence-corrected chi connectivity index (χ0v) is 16.1. The van der Waals surface area contributed by atoms with E-state index >= 15 is 0 Å². The number of halogens is 4. The molecule has 1 saturated heterocycles. The molecule has 0 saturated carbocycles. The Labute approximate surface area is 162 Å². The molecule has 3 rings (SSSR count). The molecule has 4 nitrogen and oxygen atoms in total. The Balaban J connectivity index is 2.01. The lowest BCUT2D eigenvalue weighted by Crippen LogP contribution is -2.26. The number of benzene rings is 2. The van der Waals surface area contributed by atoms with E-state index in [0.717, 1.165) is 12.1 Å². The predicted molar refractivity (Wildman–Crippen MR) is 97.1 cm³/mol. The number of alkyl halides is 3. The summed E-state index contributed by atoms with van der Waals surface area (Å²) < 4.78 is 77.2. The molecule has 0 N–H and O–H groups in total. The molecule has 0 aromatic heterocycles. The molecule has 152 valence electrons. The lowest BCUT2D eigenvalue weighted by atomic mass is 10.1. The highest BCUT2D eigenvalue weighted by atomic mass is 32.2. The Morgan fingerprint density at radius 3 is 2.54 bits per heavy atom. The van der Waals surface area contributed by atoms with Gasteiger partial charge in [0, 0.05) is 35.2 Å². The van der Waals surface area contributed by atoms with Crippen LogP contribution < -0.4 is 9.47 Å². The summed E-state index contributed by atoms with van der Waals surface area (Å²) in [6, 6.07) is 7.40. The topological polar surface area (TPSA) is 38.8 Å². The third-order valence-corrected chi connectivity index (χ3v) is 6.24. The molecule has 0 bridgehead atoms. The quantitative estimate of drug-likeness (QED) is 0.686. The van der Waals surface area contributed by atoms with Crippen LogP contribution in [0, 0.1) is 5.82 Å². The van der Waals surface area contributed by atoms with Crippen LogP contribution >= 0.6 is 0 Å². The predicted octanol–water partition coefficient (Wildman–Crippen LogP) is 4.12. The van der Waals surface area contributed by atoms with Gasteiger partial charge in [-0.25, -0.2) is 4.39 Å². The normalized spacial score (nSPS) is 20.4. The highest BCUT2D eigenvalue weighted by molar-refractivity contribution is 7.85. The van der Waals surface area contributed by atoms with E-state index in [1.165, 1.54) is 14.2 Å². The van der Waals surface area contributed by atoms with E-state index < -0.39 is 33.7 Å². The van der Waals surface area contributed by atoms with Crippen molar-refractivity contribution in [3.63, 3.8) is 0 Å². The summed E-state index contributed by atoms with van der Waals surface area (Å²) in [5, 5.41) is -1.07. The maximum Gasteiger partial charge on any atom is 0.416 e. The van der Waals surface area contributed by atoms with Crippen LogP contribution in [0.4, 0.5) is 17.6 Å². The molecule has 0 aliphatic carbocycles. The summed E-state index contributed by atoms with van der Waals surface area (Å²) in [5.74, 6) is 0.498. The Kier molecular flexibility index (Phi) is 5.95. The second kappa shape index (κ2) is 8.08. The van der Waals surface area contributed by atoms with Gasteiger partial charge in [0.05, 0.1) is 19.8 Å². The van der Waals surface area contributed by atoms with Crippen molar-refractivity contribution in [1.82, 2.24) is 4.90 Å². The van der Waals surface area contributed by atoms with E-state index in [0.29, 0.717) is 29.7 Å². The maximum absolute atomic E-state index is 13.8. The summed E-state index contributed by atoms with van der Waals surface area (Å²) in [4.78, 5) is 1.65. The molecule has 0 radical (unpaired) electrons. The fraction of sp³-hybridized carbons (Fsp3) is 0.368. The lowest BCUT2D eigenvalue weighted by Gasteiger charge is -2.26. The zero-order valence-electron chi connectivity index (χ0n) is 15.3. The molecular weight excluding hydrogens is 398 g/mol. The minimum atomic E-state index is -4.67. The number of nitrogens with zero attached hydrogens (tertiary/aromatic N) is 1. The molecule has 0 spiro atoms. The molecule has 2 aromatic rings. The molecule has 1 aliphatic heterocycles. The van der Waals surface area contributed by atoms with Crippen LogP contribution in [0.5, 0.6) is 11.5 Å². The van der Waals surface area contributed by atoms with Gasteiger partial charge >= 0.3 is 6.18 Å². The van der Waals surface area contributed by atoms with Crippen molar-refractivity contribution in [3.05, 3.63) is 58.9 Å². The summed E-state index contributed by atoms with van der Waals surface area (Å²) in [6.07, 6.45) is -4.67. The summed E-state index contributed by atoms with van der Waals surface area (Å²) >= 11 is 0.